The molecule has 114 valence electrons. The normalized spacial score (nSPS) is 13.3. The zero-order valence-electron chi connectivity index (χ0n) is 12.0. The van der Waals surface area contributed by atoms with E-state index in [0.717, 1.165) is 24.8 Å². The largest absolute Gasteiger partial charge is 0.309 e. The number of nitrogens with one attached hydrogen (secondary N) is 2. The number of benzene rings is 1. The van der Waals surface area contributed by atoms with E-state index in [-0.39, 0.29) is 17.6 Å². The van der Waals surface area contributed by atoms with Crippen LogP contribution in [0.3, 0.4) is 0 Å². The molecule has 0 radical (unpaired) electrons. The van der Waals surface area contributed by atoms with E-state index in [4.69, 9.17) is 0 Å². The Morgan fingerprint density at radius 1 is 1.25 bits per heavy atom. The van der Waals surface area contributed by atoms with Crippen molar-refractivity contribution in [1.82, 2.24) is 10.0 Å². The third-order valence-corrected chi connectivity index (χ3v) is 4.55. The van der Waals surface area contributed by atoms with Gasteiger partial charge in [0.05, 0.1) is 5.75 Å². The monoisotopic (exact) mass is 302 g/mol. The number of hydrogen-bond donors (Lipinski definition) is 2. The zero-order valence-corrected chi connectivity index (χ0v) is 12.8. The van der Waals surface area contributed by atoms with E-state index in [0.29, 0.717) is 6.54 Å². The van der Waals surface area contributed by atoms with E-state index in [2.05, 4.69) is 17.0 Å². The van der Waals surface area contributed by atoms with Crippen molar-refractivity contribution in [3.8, 4) is 0 Å². The lowest BCUT2D eigenvalue weighted by Crippen LogP contribution is -2.31. The lowest BCUT2D eigenvalue weighted by atomic mass is 10.0. The van der Waals surface area contributed by atoms with Gasteiger partial charge in [-0.15, -0.1) is 0 Å². The summed E-state index contributed by atoms with van der Waals surface area (Å²) < 4.78 is 38.0. The van der Waals surface area contributed by atoms with Crippen molar-refractivity contribution in [3.05, 3.63) is 35.6 Å². The van der Waals surface area contributed by atoms with Crippen LogP contribution in [-0.2, 0) is 10.0 Å². The predicted molar refractivity (Wildman–Crippen MR) is 79.5 cm³/mol. The summed E-state index contributed by atoms with van der Waals surface area (Å²) in [5, 5.41) is 3.24. The average Bonchev–Trinajstić information content (AvgIpc) is 2.43. The lowest BCUT2D eigenvalue weighted by Gasteiger charge is -2.19. The van der Waals surface area contributed by atoms with Crippen molar-refractivity contribution < 1.29 is 12.8 Å². The fourth-order valence-electron chi connectivity index (χ4n) is 1.96. The van der Waals surface area contributed by atoms with Crippen LogP contribution in [0, 0.1) is 5.82 Å². The summed E-state index contributed by atoms with van der Waals surface area (Å²) in [4.78, 5) is 0. The fraction of sp³-hybridized carbons (Fsp3) is 0.571. The van der Waals surface area contributed by atoms with Gasteiger partial charge in [-0.05, 0) is 31.2 Å². The Hall–Kier alpha value is -0.980. The van der Waals surface area contributed by atoms with E-state index in [1.54, 1.807) is 12.1 Å². The fourth-order valence-corrected chi connectivity index (χ4v) is 2.55. The van der Waals surface area contributed by atoms with Gasteiger partial charge in [-0.2, -0.15) is 0 Å². The first-order valence-corrected chi connectivity index (χ1v) is 8.54. The van der Waals surface area contributed by atoms with Crippen molar-refractivity contribution in [1.29, 1.82) is 0 Å². The van der Waals surface area contributed by atoms with Gasteiger partial charge in [0.15, 0.2) is 0 Å². The Bertz CT molecular complexity index is 488. The molecule has 0 heterocycles. The first-order chi connectivity index (χ1) is 9.48. The molecule has 1 aromatic carbocycles. The number of unbranched alkanes of at least 4 members (excludes halogenated alkanes) is 1. The average molecular weight is 302 g/mol. The van der Waals surface area contributed by atoms with Gasteiger partial charge in [0.1, 0.15) is 5.82 Å². The van der Waals surface area contributed by atoms with Crippen LogP contribution in [0.4, 0.5) is 4.39 Å². The summed E-state index contributed by atoms with van der Waals surface area (Å²) in [6.45, 7) is 2.47. The number of hydrogen-bond acceptors (Lipinski definition) is 3. The van der Waals surface area contributed by atoms with Gasteiger partial charge in [0.2, 0.25) is 10.0 Å². The van der Waals surface area contributed by atoms with Gasteiger partial charge in [-0.3, -0.25) is 0 Å². The van der Waals surface area contributed by atoms with Crippen molar-refractivity contribution in [2.24, 2.45) is 0 Å². The summed E-state index contributed by atoms with van der Waals surface area (Å²) in [7, 11) is -1.79. The molecule has 4 nitrogen and oxygen atoms in total. The quantitative estimate of drug-likeness (QED) is 0.735. The van der Waals surface area contributed by atoms with Crippen LogP contribution in [0.1, 0.15) is 37.8 Å². The molecular weight excluding hydrogens is 279 g/mol. The third kappa shape index (κ3) is 5.98. The molecule has 0 saturated carbocycles. The van der Waals surface area contributed by atoms with Crippen LogP contribution in [0.15, 0.2) is 24.3 Å². The maximum Gasteiger partial charge on any atom is 0.212 e. The standard InChI is InChI=1S/C14H23FN2O2S/c1-3-4-5-14(12-6-8-13(15)9-7-12)17-10-11-20(18,19)16-2/h6-9,14,16-17H,3-5,10-11H2,1-2H3. The molecule has 0 aliphatic carbocycles. The minimum absolute atomic E-state index is 0.0350. The molecule has 0 aromatic heterocycles. The van der Waals surface area contributed by atoms with Gasteiger partial charge in [-0.1, -0.05) is 31.9 Å². The van der Waals surface area contributed by atoms with Crippen LogP contribution in [0.2, 0.25) is 0 Å². The second kappa shape index (κ2) is 8.34. The highest BCUT2D eigenvalue weighted by molar-refractivity contribution is 7.89. The van der Waals surface area contributed by atoms with Gasteiger partial charge in [0, 0.05) is 12.6 Å². The molecule has 0 bridgehead atoms. The second-order valence-electron chi connectivity index (χ2n) is 4.72. The first kappa shape index (κ1) is 17.1. The molecular formula is C14H23FN2O2S. The molecule has 6 heteroatoms. The molecule has 1 rings (SSSR count). The summed E-state index contributed by atoms with van der Waals surface area (Å²) in [6.07, 6.45) is 3.00. The van der Waals surface area contributed by atoms with E-state index >= 15 is 0 Å². The highest BCUT2D eigenvalue weighted by atomic mass is 32.2. The maximum atomic E-state index is 12.9. The Morgan fingerprint density at radius 3 is 2.45 bits per heavy atom. The molecule has 0 fully saturated rings. The van der Waals surface area contributed by atoms with E-state index < -0.39 is 10.0 Å². The number of sulfonamides is 1. The highest BCUT2D eigenvalue weighted by Crippen LogP contribution is 2.19. The minimum atomic E-state index is -3.20. The molecule has 0 amide bonds. The minimum Gasteiger partial charge on any atom is -0.309 e. The Labute approximate surface area is 120 Å². The van der Waals surface area contributed by atoms with Gasteiger partial charge in [-0.25, -0.2) is 17.5 Å². The van der Waals surface area contributed by atoms with Crippen molar-refractivity contribution >= 4 is 10.0 Å². The predicted octanol–water partition coefficient (Wildman–Crippen LogP) is 2.20. The molecule has 0 aliphatic heterocycles. The van der Waals surface area contributed by atoms with E-state index in [9.17, 15) is 12.8 Å². The van der Waals surface area contributed by atoms with Crippen molar-refractivity contribution in [2.75, 3.05) is 19.3 Å². The Morgan fingerprint density at radius 2 is 1.90 bits per heavy atom. The molecule has 1 atom stereocenters. The second-order valence-corrected chi connectivity index (χ2v) is 6.77. The van der Waals surface area contributed by atoms with E-state index in [1.165, 1.54) is 19.2 Å². The van der Waals surface area contributed by atoms with Crippen LogP contribution < -0.4 is 10.0 Å². The van der Waals surface area contributed by atoms with Crippen molar-refractivity contribution in [2.45, 2.75) is 32.2 Å². The molecule has 0 saturated heterocycles. The summed E-state index contributed by atoms with van der Waals surface area (Å²) in [5.74, 6) is -0.228. The molecule has 1 unspecified atom stereocenters. The van der Waals surface area contributed by atoms with Gasteiger partial charge < -0.3 is 5.32 Å². The zero-order chi connectivity index (χ0) is 15.0. The van der Waals surface area contributed by atoms with Crippen molar-refractivity contribution in [3.63, 3.8) is 0 Å². The van der Waals surface area contributed by atoms with Gasteiger partial charge >= 0.3 is 0 Å². The molecule has 20 heavy (non-hydrogen) atoms. The Kier molecular flexibility index (Phi) is 7.12. The number of halogens is 1. The molecule has 0 spiro atoms. The summed E-state index contributed by atoms with van der Waals surface area (Å²) in [6, 6.07) is 6.41. The molecule has 2 N–H and O–H groups in total. The first-order valence-electron chi connectivity index (χ1n) is 6.88. The topological polar surface area (TPSA) is 58.2 Å². The van der Waals surface area contributed by atoms with Gasteiger partial charge in [0.25, 0.3) is 0 Å². The number of rotatable bonds is 9. The summed E-state index contributed by atoms with van der Waals surface area (Å²) >= 11 is 0. The van der Waals surface area contributed by atoms with Crippen LogP contribution in [-0.4, -0.2) is 27.8 Å². The van der Waals surface area contributed by atoms with Crippen LogP contribution >= 0.6 is 0 Å². The highest BCUT2D eigenvalue weighted by Gasteiger charge is 2.13. The lowest BCUT2D eigenvalue weighted by molar-refractivity contribution is 0.491. The molecule has 1 aromatic rings. The molecule has 0 aliphatic rings. The smallest absolute Gasteiger partial charge is 0.212 e. The Balaban J connectivity index is 2.62. The summed E-state index contributed by atoms with van der Waals surface area (Å²) in [5.41, 5.74) is 0.988. The third-order valence-electron chi connectivity index (χ3n) is 3.19. The SMILES string of the molecule is CCCCC(NCCS(=O)(=O)NC)c1ccc(F)cc1. The van der Waals surface area contributed by atoms with Crippen LogP contribution in [0.5, 0.6) is 0 Å². The van der Waals surface area contributed by atoms with E-state index in [1.807, 2.05) is 0 Å². The maximum absolute atomic E-state index is 12.9. The van der Waals surface area contributed by atoms with Crippen LogP contribution in [0.25, 0.3) is 0 Å².